The van der Waals surface area contributed by atoms with E-state index in [0.29, 0.717) is 56.7 Å². The van der Waals surface area contributed by atoms with Gasteiger partial charge >= 0.3 is 0 Å². The van der Waals surface area contributed by atoms with Crippen molar-refractivity contribution in [3.63, 3.8) is 0 Å². The van der Waals surface area contributed by atoms with Crippen LogP contribution in [0.4, 0.5) is 32.9 Å². The van der Waals surface area contributed by atoms with Gasteiger partial charge < -0.3 is 20.8 Å². The van der Waals surface area contributed by atoms with Gasteiger partial charge in [-0.05, 0) is 25.3 Å². The number of hydrogen-bond donors (Lipinski definition) is 5. The molecule has 33 heavy (non-hydrogen) atoms. The number of aromatic amines is 1. The van der Waals surface area contributed by atoms with Crippen molar-refractivity contribution in [1.82, 2.24) is 15.1 Å². The van der Waals surface area contributed by atoms with Gasteiger partial charge in [0.1, 0.15) is 17.3 Å². The van der Waals surface area contributed by atoms with Gasteiger partial charge in [-0.25, -0.2) is 8.78 Å². The summed E-state index contributed by atoms with van der Waals surface area (Å²) in [6, 6.07) is 0. The van der Waals surface area contributed by atoms with E-state index < -0.39 is 6.93 Å². The molecule has 1 aromatic rings. The van der Waals surface area contributed by atoms with Crippen LogP contribution < -0.4 is 10.6 Å². The summed E-state index contributed by atoms with van der Waals surface area (Å²) in [5, 5.41) is 25.0. The van der Waals surface area contributed by atoms with Gasteiger partial charge in [-0.3, -0.25) is 38.1 Å². The van der Waals surface area contributed by atoms with Crippen LogP contribution in [0.1, 0.15) is 37.6 Å². The topological polar surface area (TPSA) is 129 Å². The zero-order chi connectivity index (χ0) is 23.9. The first-order chi connectivity index (χ1) is 15.0. The number of nitrogens with one attached hydrogen (secondary N) is 3. The van der Waals surface area contributed by atoms with Crippen molar-refractivity contribution in [1.29, 1.82) is 0 Å². The van der Waals surface area contributed by atoms with Crippen LogP contribution >= 0.6 is 0 Å². The van der Waals surface area contributed by atoms with Crippen LogP contribution in [0, 0.1) is 0 Å². The maximum absolute atomic E-state index is 11.7. The molecule has 5 N–H and O–H groups in total. The Balaban J connectivity index is -0.000000115. The molecule has 15 heteroatoms. The Morgan fingerprint density at radius 3 is 2.30 bits per heavy atom. The molecule has 0 saturated carbocycles. The fourth-order valence-electron chi connectivity index (χ4n) is 1.99. The number of anilines is 1. The third-order valence-electron chi connectivity index (χ3n) is 3.39. The van der Waals surface area contributed by atoms with Crippen molar-refractivity contribution in [3.8, 4) is 0 Å². The summed E-state index contributed by atoms with van der Waals surface area (Å²) < 4.78 is 44.0. The van der Waals surface area contributed by atoms with Gasteiger partial charge in [0.05, 0.1) is 6.67 Å². The average molecular weight is 500 g/mol. The molecule has 1 heterocycles. The number of alkyl halides is 3. The fourth-order valence-corrected chi connectivity index (χ4v) is 1.99. The van der Waals surface area contributed by atoms with Crippen LogP contribution in [-0.4, -0.2) is 66.5 Å². The highest BCUT2D eigenvalue weighted by atomic mass is 19.3. The van der Waals surface area contributed by atoms with Crippen molar-refractivity contribution in [2.24, 2.45) is 0 Å². The maximum Gasteiger partial charge on any atom is 0.229 e. The molecule has 0 bridgehead atoms. The molecule has 198 valence electrons. The molecule has 0 unspecified atom stereocenters. The van der Waals surface area contributed by atoms with Crippen LogP contribution in [0.25, 0.3) is 0 Å². The number of amides is 1. The number of halogens is 6. The van der Waals surface area contributed by atoms with E-state index in [1.165, 1.54) is 6.08 Å². The Morgan fingerprint density at radius 2 is 1.91 bits per heavy atom. The number of rotatable bonds is 10. The molecule has 0 atom stereocenters. The van der Waals surface area contributed by atoms with Crippen LogP contribution in [0.15, 0.2) is 23.7 Å². The molecule has 0 saturated heterocycles. The SMILES string of the molecule is CNc1[nH]n(CCCF)c1C=O.F.F.FCF.O=CNCCCO.OC1=CCCC(OF)=C1.[HH]. The Morgan fingerprint density at radius 1 is 1.27 bits per heavy atom. The van der Waals surface area contributed by atoms with Gasteiger partial charge in [0.25, 0.3) is 0 Å². The van der Waals surface area contributed by atoms with Gasteiger partial charge in [0.15, 0.2) is 12.0 Å². The quantitative estimate of drug-likeness (QED) is 0.190. The van der Waals surface area contributed by atoms with E-state index in [9.17, 15) is 27.3 Å². The summed E-state index contributed by atoms with van der Waals surface area (Å²) in [5.41, 5.74) is 0.561. The predicted octanol–water partition coefficient (Wildman–Crippen LogP) is 3.59. The summed E-state index contributed by atoms with van der Waals surface area (Å²) in [5.74, 6) is 0.966. The smallest absolute Gasteiger partial charge is 0.229 e. The minimum absolute atomic E-state index is 0. The number of carbonyl (C=O) groups is 2. The Hall–Kier alpha value is -3.10. The number of aliphatic hydroxyl groups excluding tert-OH is 2. The van der Waals surface area contributed by atoms with Crippen molar-refractivity contribution in [2.45, 2.75) is 32.2 Å². The number of nitrogens with zero attached hydrogens (tertiary/aromatic N) is 1. The van der Waals surface area contributed by atoms with E-state index in [0.717, 1.165) is 6.29 Å². The fraction of sp³-hybridized carbons (Fsp3) is 0.556. The first-order valence-corrected chi connectivity index (χ1v) is 9.24. The largest absolute Gasteiger partial charge is 0.508 e. The number of allylic oxidation sites excluding steroid dienone is 3. The molecule has 0 aromatic carbocycles. The molecular weight excluding hydrogens is 466 g/mol. The lowest BCUT2D eigenvalue weighted by Gasteiger charge is -2.18. The number of aliphatic hydroxyl groups is 2. The van der Waals surface area contributed by atoms with Gasteiger partial charge in [-0.2, -0.15) is 0 Å². The molecular formula is C18H34F6N4O5. The number of hydrogen-bond acceptors (Lipinski definition) is 6. The number of aryl methyl sites for hydroxylation is 1. The highest BCUT2D eigenvalue weighted by molar-refractivity contribution is 5.81. The van der Waals surface area contributed by atoms with Crippen molar-refractivity contribution in [2.75, 3.05) is 39.1 Å². The zero-order valence-electron chi connectivity index (χ0n) is 18.1. The second-order valence-corrected chi connectivity index (χ2v) is 5.54. The number of aromatic nitrogens is 2. The Bertz CT molecular complexity index is 647. The number of H-pyrrole nitrogens is 1. The average Bonchev–Trinajstić information content (AvgIpc) is 2.75. The highest BCUT2D eigenvalue weighted by Gasteiger charge is 2.10. The highest BCUT2D eigenvalue weighted by Crippen LogP contribution is 2.16. The number of carbonyl (C=O) groups excluding carboxylic acids is 2. The third kappa shape index (κ3) is 19.3. The van der Waals surface area contributed by atoms with Gasteiger partial charge in [0, 0.05) is 45.2 Å². The third-order valence-corrected chi connectivity index (χ3v) is 3.39. The van der Waals surface area contributed by atoms with Gasteiger partial charge in [-0.15, -0.1) is 0 Å². The summed E-state index contributed by atoms with van der Waals surface area (Å²) in [7, 11) is 1.72. The van der Waals surface area contributed by atoms with Crippen molar-refractivity contribution >= 4 is 18.5 Å². The molecule has 1 amide bonds. The van der Waals surface area contributed by atoms with Crippen LogP contribution in [0.3, 0.4) is 0 Å². The van der Waals surface area contributed by atoms with Gasteiger partial charge in [-0.1, -0.05) is 0 Å². The standard InChI is InChI=1S/C7H12FN3O.C6H7FO2.C4H9NO2.CH2F2.2FH.H2/c1-9-7-6(5-12)11(10-7)4-2-3-8;7-9-6-3-1-2-5(8)4-6;6-3-1-2-5-4-7;2-1-3;;;/h5,9-10H,2-4H2,1H3;2,4,8H,1,3H2;4,6H,1-3H2,(H,5,7);1H2;3*1H. The van der Waals surface area contributed by atoms with Crippen LogP contribution in [0.5, 0.6) is 0 Å². The lowest BCUT2D eigenvalue weighted by molar-refractivity contribution is -0.109. The van der Waals surface area contributed by atoms with E-state index in [2.05, 4.69) is 20.7 Å². The summed E-state index contributed by atoms with van der Waals surface area (Å²) in [6.07, 6.45) is 6.49. The first kappa shape index (κ1) is 37.2. The molecule has 2 rings (SSSR count). The lowest BCUT2D eigenvalue weighted by atomic mass is 10.1. The van der Waals surface area contributed by atoms with E-state index in [4.69, 9.17) is 10.2 Å². The Kier molecular flexibility index (Phi) is 30.4. The monoisotopic (exact) mass is 500 g/mol. The minimum Gasteiger partial charge on any atom is -0.508 e. The molecule has 0 spiro atoms. The summed E-state index contributed by atoms with van der Waals surface area (Å²) >= 11 is 0. The zero-order valence-corrected chi connectivity index (χ0v) is 18.1. The summed E-state index contributed by atoms with van der Waals surface area (Å²) in [4.78, 5) is 23.4. The predicted molar refractivity (Wildman–Crippen MR) is 115 cm³/mol. The van der Waals surface area contributed by atoms with Crippen LogP contribution in [-0.2, 0) is 16.3 Å². The Labute approximate surface area is 188 Å². The number of aldehydes is 1. The van der Waals surface area contributed by atoms with E-state index >= 15 is 0 Å². The molecule has 0 radical (unpaired) electrons. The normalized spacial score (nSPS) is 11.0. The molecule has 9 nitrogen and oxygen atoms in total. The van der Waals surface area contributed by atoms with Crippen LogP contribution in [0.2, 0.25) is 0 Å². The molecule has 1 aromatic heterocycles. The van der Waals surface area contributed by atoms with Gasteiger partial charge in [0.2, 0.25) is 13.3 Å². The second-order valence-electron chi connectivity index (χ2n) is 5.54. The van der Waals surface area contributed by atoms with E-state index in [-0.39, 0.29) is 35.6 Å². The molecule has 1 aliphatic rings. The maximum atomic E-state index is 11.7. The minimum atomic E-state index is -1.75. The molecule has 0 fully saturated rings. The van der Waals surface area contributed by atoms with Crippen molar-refractivity contribution in [3.05, 3.63) is 29.4 Å². The first-order valence-electron chi connectivity index (χ1n) is 9.24. The van der Waals surface area contributed by atoms with E-state index in [1.807, 2.05) is 0 Å². The summed E-state index contributed by atoms with van der Waals surface area (Å²) in [6.45, 7) is -0.879. The molecule has 1 aliphatic carbocycles. The second kappa shape index (κ2) is 26.9. The lowest BCUT2D eigenvalue weighted by Crippen LogP contribution is -2.20. The van der Waals surface area contributed by atoms with Crippen molar-refractivity contribution < 1.29 is 53.3 Å². The van der Waals surface area contributed by atoms with E-state index in [1.54, 1.807) is 17.8 Å². The molecule has 0 aliphatic heterocycles.